The highest BCUT2D eigenvalue weighted by atomic mass is 15.1. The molecule has 1 aromatic heterocycles. The molecular formula is C13H23N3. The predicted octanol–water partition coefficient (Wildman–Crippen LogP) is 3.41. The van der Waals surface area contributed by atoms with E-state index in [0.717, 1.165) is 23.9 Å². The SMILES string of the molecule is Cc1n[nH]c(C)c1NCCC1CCCCC1. The molecular weight excluding hydrogens is 198 g/mol. The molecule has 1 fully saturated rings. The van der Waals surface area contributed by atoms with Crippen molar-refractivity contribution in [1.29, 1.82) is 0 Å². The van der Waals surface area contributed by atoms with Crippen molar-refractivity contribution in [1.82, 2.24) is 10.2 Å². The molecule has 3 nitrogen and oxygen atoms in total. The van der Waals surface area contributed by atoms with Crippen LogP contribution in [0.3, 0.4) is 0 Å². The van der Waals surface area contributed by atoms with E-state index in [2.05, 4.69) is 22.4 Å². The quantitative estimate of drug-likeness (QED) is 0.818. The van der Waals surface area contributed by atoms with E-state index in [1.165, 1.54) is 44.2 Å². The van der Waals surface area contributed by atoms with Gasteiger partial charge in [0, 0.05) is 6.54 Å². The first-order valence-corrected chi connectivity index (χ1v) is 6.53. The van der Waals surface area contributed by atoms with Gasteiger partial charge in [0.2, 0.25) is 0 Å². The van der Waals surface area contributed by atoms with Crippen LogP contribution in [0.1, 0.15) is 49.9 Å². The van der Waals surface area contributed by atoms with Gasteiger partial charge in [-0.05, 0) is 26.2 Å². The Labute approximate surface area is 98.0 Å². The van der Waals surface area contributed by atoms with Gasteiger partial charge in [0.25, 0.3) is 0 Å². The minimum atomic E-state index is 0.953. The number of nitrogens with zero attached hydrogens (tertiary/aromatic N) is 1. The van der Waals surface area contributed by atoms with Gasteiger partial charge in [-0.15, -0.1) is 0 Å². The number of nitrogens with one attached hydrogen (secondary N) is 2. The number of H-pyrrole nitrogens is 1. The summed E-state index contributed by atoms with van der Waals surface area (Å²) in [5, 5.41) is 10.7. The average molecular weight is 221 g/mol. The summed E-state index contributed by atoms with van der Waals surface area (Å²) in [5.74, 6) is 0.953. The summed E-state index contributed by atoms with van der Waals surface area (Å²) < 4.78 is 0. The highest BCUT2D eigenvalue weighted by molar-refractivity contribution is 5.51. The lowest BCUT2D eigenvalue weighted by atomic mass is 9.87. The number of aryl methyl sites for hydroxylation is 2. The Balaban J connectivity index is 1.75. The molecule has 0 saturated heterocycles. The maximum absolute atomic E-state index is 4.19. The van der Waals surface area contributed by atoms with Gasteiger partial charge in [-0.3, -0.25) is 5.10 Å². The Morgan fingerprint density at radius 2 is 2.00 bits per heavy atom. The van der Waals surface area contributed by atoms with E-state index in [1.807, 2.05) is 6.92 Å². The van der Waals surface area contributed by atoms with Gasteiger partial charge in [0.05, 0.1) is 17.1 Å². The third kappa shape index (κ3) is 2.77. The molecule has 3 heteroatoms. The van der Waals surface area contributed by atoms with E-state index in [0.29, 0.717) is 0 Å². The molecule has 0 bridgehead atoms. The van der Waals surface area contributed by atoms with Crippen LogP contribution in [0.5, 0.6) is 0 Å². The zero-order valence-electron chi connectivity index (χ0n) is 10.5. The Morgan fingerprint density at radius 3 is 2.62 bits per heavy atom. The number of aromatic nitrogens is 2. The van der Waals surface area contributed by atoms with Crippen LogP contribution in [0.15, 0.2) is 0 Å². The van der Waals surface area contributed by atoms with Gasteiger partial charge in [-0.2, -0.15) is 5.10 Å². The van der Waals surface area contributed by atoms with E-state index in [9.17, 15) is 0 Å². The molecule has 0 spiro atoms. The largest absolute Gasteiger partial charge is 0.382 e. The lowest BCUT2D eigenvalue weighted by molar-refractivity contribution is 0.345. The van der Waals surface area contributed by atoms with E-state index in [1.54, 1.807) is 0 Å². The third-order valence-corrected chi connectivity index (χ3v) is 3.71. The van der Waals surface area contributed by atoms with Crippen molar-refractivity contribution < 1.29 is 0 Å². The second kappa shape index (κ2) is 5.37. The molecule has 1 saturated carbocycles. The molecule has 1 aliphatic rings. The first-order valence-electron chi connectivity index (χ1n) is 6.53. The van der Waals surface area contributed by atoms with Gasteiger partial charge >= 0.3 is 0 Å². The fourth-order valence-corrected chi connectivity index (χ4v) is 2.69. The molecule has 0 aromatic carbocycles. The van der Waals surface area contributed by atoms with Crippen LogP contribution in [0.25, 0.3) is 0 Å². The maximum atomic E-state index is 4.19. The van der Waals surface area contributed by atoms with Gasteiger partial charge < -0.3 is 5.32 Å². The van der Waals surface area contributed by atoms with Crippen molar-refractivity contribution in [3.8, 4) is 0 Å². The van der Waals surface area contributed by atoms with Gasteiger partial charge in [-0.1, -0.05) is 32.1 Å². The summed E-state index contributed by atoms with van der Waals surface area (Å²) in [7, 11) is 0. The van der Waals surface area contributed by atoms with Crippen molar-refractivity contribution in [3.63, 3.8) is 0 Å². The normalized spacial score (nSPS) is 17.6. The molecule has 0 amide bonds. The summed E-state index contributed by atoms with van der Waals surface area (Å²) in [6.45, 7) is 5.21. The Hall–Kier alpha value is -0.990. The summed E-state index contributed by atoms with van der Waals surface area (Å²) >= 11 is 0. The molecule has 2 rings (SSSR count). The van der Waals surface area contributed by atoms with Crippen molar-refractivity contribution in [2.24, 2.45) is 5.92 Å². The number of hydrogen-bond acceptors (Lipinski definition) is 2. The summed E-state index contributed by atoms with van der Waals surface area (Å²) in [6, 6.07) is 0. The Kier molecular flexibility index (Phi) is 3.86. The minimum Gasteiger partial charge on any atom is -0.382 e. The Morgan fingerprint density at radius 1 is 1.25 bits per heavy atom. The van der Waals surface area contributed by atoms with E-state index in [-0.39, 0.29) is 0 Å². The molecule has 1 aromatic rings. The molecule has 1 aliphatic carbocycles. The van der Waals surface area contributed by atoms with Crippen LogP contribution in [0.4, 0.5) is 5.69 Å². The number of hydrogen-bond donors (Lipinski definition) is 2. The van der Waals surface area contributed by atoms with Gasteiger partial charge in [0.1, 0.15) is 0 Å². The van der Waals surface area contributed by atoms with Gasteiger partial charge in [-0.25, -0.2) is 0 Å². The molecule has 0 radical (unpaired) electrons. The summed E-state index contributed by atoms with van der Waals surface area (Å²) in [4.78, 5) is 0. The molecule has 90 valence electrons. The molecule has 1 heterocycles. The second-order valence-corrected chi connectivity index (χ2v) is 5.03. The lowest BCUT2D eigenvalue weighted by Crippen LogP contribution is -2.12. The van der Waals surface area contributed by atoms with Crippen molar-refractivity contribution in [2.75, 3.05) is 11.9 Å². The number of rotatable bonds is 4. The van der Waals surface area contributed by atoms with Crippen LogP contribution in [-0.2, 0) is 0 Å². The van der Waals surface area contributed by atoms with Crippen LogP contribution >= 0.6 is 0 Å². The highest BCUT2D eigenvalue weighted by Gasteiger charge is 2.13. The molecule has 2 N–H and O–H groups in total. The standard InChI is InChI=1S/C13H23N3/c1-10-13(11(2)16-15-10)14-9-8-12-6-4-3-5-7-12/h12,14H,3-9H2,1-2H3,(H,15,16). The topological polar surface area (TPSA) is 40.7 Å². The van der Waals surface area contributed by atoms with Crippen LogP contribution in [0, 0.1) is 19.8 Å². The average Bonchev–Trinajstić information content (AvgIpc) is 2.62. The minimum absolute atomic E-state index is 0.953. The first kappa shape index (κ1) is 11.5. The molecule has 16 heavy (non-hydrogen) atoms. The zero-order valence-corrected chi connectivity index (χ0v) is 10.5. The van der Waals surface area contributed by atoms with Crippen molar-refractivity contribution in [2.45, 2.75) is 52.4 Å². The highest BCUT2D eigenvalue weighted by Crippen LogP contribution is 2.26. The van der Waals surface area contributed by atoms with Crippen molar-refractivity contribution in [3.05, 3.63) is 11.4 Å². The van der Waals surface area contributed by atoms with Crippen molar-refractivity contribution >= 4 is 5.69 Å². The first-order chi connectivity index (χ1) is 7.77. The monoisotopic (exact) mass is 221 g/mol. The van der Waals surface area contributed by atoms with E-state index < -0.39 is 0 Å². The predicted molar refractivity (Wildman–Crippen MR) is 67.7 cm³/mol. The van der Waals surface area contributed by atoms with E-state index >= 15 is 0 Å². The summed E-state index contributed by atoms with van der Waals surface area (Å²) in [6.07, 6.45) is 8.51. The van der Waals surface area contributed by atoms with Gasteiger partial charge in [0.15, 0.2) is 0 Å². The summed E-state index contributed by atoms with van der Waals surface area (Å²) in [5.41, 5.74) is 3.44. The number of aromatic amines is 1. The smallest absolute Gasteiger partial charge is 0.0825 e. The number of anilines is 1. The lowest BCUT2D eigenvalue weighted by Gasteiger charge is -2.21. The molecule has 0 atom stereocenters. The molecule has 0 unspecified atom stereocenters. The van der Waals surface area contributed by atoms with Crippen LogP contribution in [0.2, 0.25) is 0 Å². The van der Waals surface area contributed by atoms with Crippen LogP contribution < -0.4 is 5.32 Å². The maximum Gasteiger partial charge on any atom is 0.0825 e. The fourth-order valence-electron chi connectivity index (χ4n) is 2.69. The molecule has 0 aliphatic heterocycles. The fraction of sp³-hybridized carbons (Fsp3) is 0.769. The second-order valence-electron chi connectivity index (χ2n) is 5.03. The van der Waals surface area contributed by atoms with E-state index in [4.69, 9.17) is 0 Å². The zero-order chi connectivity index (χ0) is 11.4. The van der Waals surface area contributed by atoms with Crippen LogP contribution in [-0.4, -0.2) is 16.7 Å². The third-order valence-electron chi connectivity index (χ3n) is 3.71. The Bertz CT molecular complexity index is 304.